The third kappa shape index (κ3) is 2.69. The molecule has 1 atom stereocenters. The maximum atomic E-state index is 10.6. The van der Waals surface area contributed by atoms with E-state index in [0.717, 1.165) is 37.9 Å². The van der Waals surface area contributed by atoms with Gasteiger partial charge in [0.2, 0.25) is 0 Å². The number of hydrogen-bond donors (Lipinski definition) is 1. The van der Waals surface area contributed by atoms with E-state index in [2.05, 4.69) is 19.9 Å². The highest BCUT2D eigenvalue weighted by Crippen LogP contribution is 2.51. The number of hydrogen-bond acceptors (Lipinski definition) is 3. The Labute approximate surface area is 115 Å². The molecule has 0 radical (unpaired) electrons. The molecule has 0 saturated heterocycles. The van der Waals surface area contributed by atoms with Crippen LogP contribution in [0.15, 0.2) is 16.5 Å². The van der Waals surface area contributed by atoms with Crippen molar-refractivity contribution < 1.29 is 9.52 Å². The van der Waals surface area contributed by atoms with Crippen molar-refractivity contribution in [3.05, 3.63) is 23.7 Å². The lowest BCUT2D eigenvalue weighted by Crippen LogP contribution is -2.35. The number of nitriles is 1. The Morgan fingerprint density at radius 3 is 2.42 bits per heavy atom. The Morgan fingerprint density at radius 1 is 1.32 bits per heavy atom. The summed E-state index contributed by atoms with van der Waals surface area (Å²) in [5, 5.41) is 20.1. The third-order valence-corrected chi connectivity index (χ3v) is 4.54. The zero-order chi connectivity index (χ0) is 14.1. The monoisotopic (exact) mass is 261 g/mol. The molecule has 1 fully saturated rings. The van der Waals surface area contributed by atoms with Crippen molar-refractivity contribution in [1.29, 1.82) is 5.26 Å². The van der Waals surface area contributed by atoms with Gasteiger partial charge < -0.3 is 9.52 Å². The highest BCUT2D eigenvalue weighted by atomic mass is 16.4. The van der Waals surface area contributed by atoms with Gasteiger partial charge in [-0.1, -0.05) is 20.8 Å². The summed E-state index contributed by atoms with van der Waals surface area (Å²) in [5.74, 6) is 1.40. The van der Waals surface area contributed by atoms with E-state index < -0.39 is 11.5 Å². The van der Waals surface area contributed by atoms with Crippen molar-refractivity contribution in [2.75, 3.05) is 0 Å². The summed E-state index contributed by atoms with van der Waals surface area (Å²) >= 11 is 0. The molecular formula is C16H23NO2. The first-order chi connectivity index (χ1) is 8.92. The molecule has 0 amide bonds. The van der Waals surface area contributed by atoms with Crippen LogP contribution in [-0.4, -0.2) is 5.11 Å². The van der Waals surface area contributed by atoms with Gasteiger partial charge in [-0.15, -0.1) is 0 Å². The molecule has 1 saturated carbocycles. The number of aliphatic hydroxyl groups excluding tert-OH is 1. The topological polar surface area (TPSA) is 57.2 Å². The average molecular weight is 261 g/mol. The number of furan rings is 1. The molecule has 3 nitrogen and oxygen atoms in total. The molecule has 0 spiro atoms. The van der Waals surface area contributed by atoms with Crippen LogP contribution < -0.4 is 0 Å². The molecular weight excluding hydrogens is 238 g/mol. The second kappa shape index (κ2) is 5.02. The Bertz CT molecular complexity index is 471. The van der Waals surface area contributed by atoms with Crippen LogP contribution >= 0.6 is 0 Å². The van der Waals surface area contributed by atoms with Gasteiger partial charge in [0.05, 0.1) is 11.5 Å². The summed E-state index contributed by atoms with van der Waals surface area (Å²) in [7, 11) is 0. The SMILES string of the molecule is CCc1ccc(C(O)C2(C#N)CCC(C)(C)CC2)o1. The van der Waals surface area contributed by atoms with Crippen LogP contribution in [0, 0.1) is 22.2 Å². The van der Waals surface area contributed by atoms with Gasteiger partial charge >= 0.3 is 0 Å². The second-order valence-electron chi connectivity index (χ2n) is 6.49. The van der Waals surface area contributed by atoms with E-state index in [-0.39, 0.29) is 5.41 Å². The van der Waals surface area contributed by atoms with E-state index >= 15 is 0 Å². The predicted octanol–water partition coefficient (Wildman–Crippen LogP) is 3.99. The summed E-state index contributed by atoms with van der Waals surface area (Å²) in [6.45, 7) is 6.46. The quantitative estimate of drug-likeness (QED) is 0.895. The normalized spacial score (nSPS) is 22.7. The molecule has 1 unspecified atom stereocenters. The zero-order valence-corrected chi connectivity index (χ0v) is 12.1. The largest absolute Gasteiger partial charge is 0.463 e. The Balaban J connectivity index is 2.20. The predicted molar refractivity (Wildman–Crippen MR) is 73.3 cm³/mol. The zero-order valence-electron chi connectivity index (χ0n) is 12.1. The molecule has 104 valence electrons. The van der Waals surface area contributed by atoms with E-state index in [1.54, 1.807) is 0 Å². The standard InChI is InChI=1S/C16H23NO2/c1-4-12-5-6-13(19-12)14(18)16(11-17)9-7-15(2,3)8-10-16/h5-6,14,18H,4,7-10H2,1-3H3. The highest BCUT2D eigenvalue weighted by Gasteiger charge is 2.45. The smallest absolute Gasteiger partial charge is 0.134 e. The van der Waals surface area contributed by atoms with Crippen molar-refractivity contribution >= 4 is 0 Å². The molecule has 1 heterocycles. The Morgan fingerprint density at radius 2 is 1.95 bits per heavy atom. The van der Waals surface area contributed by atoms with Gasteiger partial charge in [-0.3, -0.25) is 0 Å². The summed E-state index contributed by atoms with van der Waals surface area (Å²) in [6, 6.07) is 6.06. The Hall–Kier alpha value is -1.27. The third-order valence-electron chi connectivity index (χ3n) is 4.54. The molecule has 1 aliphatic carbocycles. The lowest BCUT2D eigenvalue weighted by atomic mass is 9.63. The molecule has 1 aliphatic rings. The van der Waals surface area contributed by atoms with Crippen LogP contribution in [0.3, 0.4) is 0 Å². The molecule has 0 aromatic carbocycles. The minimum atomic E-state index is -0.811. The number of nitrogens with zero attached hydrogens (tertiary/aromatic N) is 1. The number of aryl methyl sites for hydroxylation is 1. The minimum absolute atomic E-state index is 0.276. The molecule has 1 aromatic heterocycles. The van der Waals surface area contributed by atoms with Crippen LogP contribution in [0.25, 0.3) is 0 Å². The number of aliphatic hydroxyl groups is 1. The summed E-state index contributed by atoms with van der Waals surface area (Å²) in [6.07, 6.45) is 3.41. The fourth-order valence-electron chi connectivity index (χ4n) is 2.82. The van der Waals surface area contributed by atoms with Crippen LogP contribution in [0.5, 0.6) is 0 Å². The lowest BCUT2D eigenvalue weighted by Gasteiger charge is -2.41. The van der Waals surface area contributed by atoms with E-state index in [4.69, 9.17) is 4.42 Å². The van der Waals surface area contributed by atoms with Crippen molar-refractivity contribution in [3.63, 3.8) is 0 Å². The minimum Gasteiger partial charge on any atom is -0.463 e. The molecule has 0 bridgehead atoms. The van der Waals surface area contributed by atoms with Gasteiger partial charge in [0.15, 0.2) is 0 Å². The van der Waals surface area contributed by atoms with Crippen molar-refractivity contribution in [2.45, 2.75) is 59.0 Å². The van der Waals surface area contributed by atoms with Crippen molar-refractivity contribution in [2.24, 2.45) is 10.8 Å². The van der Waals surface area contributed by atoms with Gasteiger partial charge in [0.25, 0.3) is 0 Å². The number of rotatable bonds is 3. The van der Waals surface area contributed by atoms with Gasteiger partial charge in [-0.2, -0.15) is 5.26 Å². The van der Waals surface area contributed by atoms with Crippen LogP contribution in [-0.2, 0) is 6.42 Å². The highest BCUT2D eigenvalue weighted by molar-refractivity contribution is 5.17. The van der Waals surface area contributed by atoms with Gasteiger partial charge in [-0.05, 0) is 43.2 Å². The first-order valence-corrected chi connectivity index (χ1v) is 7.10. The van der Waals surface area contributed by atoms with E-state index in [1.807, 2.05) is 19.1 Å². The maximum Gasteiger partial charge on any atom is 0.134 e. The molecule has 19 heavy (non-hydrogen) atoms. The summed E-state index contributed by atoms with van der Waals surface area (Å²) < 4.78 is 5.63. The molecule has 3 heteroatoms. The van der Waals surface area contributed by atoms with E-state index in [1.165, 1.54) is 0 Å². The Kier molecular flexibility index (Phi) is 3.73. The van der Waals surface area contributed by atoms with Crippen molar-refractivity contribution in [1.82, 2.24) is 0 Å². The molecule has 1 N–H and O–H groups in total. The lowest BCUT2D eigenvalue weighted by molar-refractivity contribution is -0.00376. The maximum absolute atomic E-state index is 10.6. The first-order valence-electron chi connectivity index (χ1n) is 7.10. The fourth-order valence-corrected chi connectivity index (χ4v) is 2.82. The van der Waals surface area contributed by atoms with Gasteiger partial charge in [0, 0.05) is 6.42 Å². The summed E-state index contributed by atoms with van der Waals surface area (Å²) in [4.78, 5) is 0. The average Bonchev–Trinajstić information content (AvgIpc) is 2.87. The van der Waals surface area contributed by atoms with Gasteiger partial charge in [0.1, 0.15) is 17.6 Å². The fraction of sp³-hybridized carbons (Fsp3) is 0.688. The summed E-state index contributed by atoms with van der Waals surface area (Å²) in [5.41, 5.74) is -0.407. The van der Waals surface area contributed by atoms with Crippen molar-refractivity contribution in [3.8, 4) is 6.07 Å². The van der Waals surface area contributed by atoms with Crippen LogP contribution in [0.2, 0.25) is 0 Å². The first kappa shape index (κ1) is 14.1. The molecule has 0 aliphatic heterocycles. The van der Waals surface area contributed by atoms with E-state index in [9.17, 15) is 10.4 Å². The molecule has 1 aromatic rings. The second-order valence-corrected chi connectivity index (χ2v) is 6.49. The van der Waals surface area contributed by atoms with E-state index in [0.29, 0.717) is 5.76 Å². The van der Waals surface area contributed by atoms with Crippen LogP contribution in [0.1, 0.15) is 64.1 Å². The van der Waals surface area contributed by atoms with Gasteiger partial charge in [-0.25, -0.2) is 0 Å². The van der Waals surface area contributed by atoms with Crippen LogP contribution in [0.4, 0.5) is 0 Å². The molecule has 2 rings (SSSR count).